The standard InChI is InChI=1S/C29H26ClF2N5O2/c1-4-35-26(17-39-16-19-9-6-5-7-10-19)33-37(29(35)38)25-13-20-15-36(28-22(30)11-8-12-23(28)31)34-27(18(2)3)21(20)14-24(25)32/h5-14H,2,4,15-17H2,1,3H3. The van der Waals surface area contributed by atoms with Gasteiger partial charge in [-0.25, -0.2) is 13.6 Å². The first-order valence-corrected chi connectivity index (χ1v) is 12.8. The fraction of sp³-hybridized carbons (Fsp3) is 0.207. The lowest BCUT2D eigenvalue weighted by atomic mass is 9.96. The molecule has 0 unspecified atom stereocenters. The van der Waals surface area contributed by atoms with Crippen LogP contribution in [0.15, 0.2) is 82.7 Å². The third kappa shape index (κ3) is 5.15. The molecule has 0 aliphatic carbocycles. The summed E-state index contributed by atoms with van der Waals surface area (Å²) in [5, 5.41) is 10.5. The van der Waals surface area contributed by atoms with Crippen molar-refractivity contribution >= 4 is 23.0 Å². The fourth-order valence-corrected chi connectivity index (χ4v) is 4.78. The minimum atomic E-state index is -0.653. The van der Waals surface area contributed by atoms with Crippen molar-refractivity contribution in [1.82, 2.24) is 14.3 Å². The van der Waals surface area contributed by atoms with Gasteiger partial charge in [0.1, 0.15) is 29.6 Å². The van der Waals surface area contributed by atoms with Crippen LogP contribution in [-0.2, 0) is 31.0 Å². The summed E-state index contributed by atoms with van der Waals surface area (Å²) in [6.07, 6.45) is 0. The molecule has 0 saturated heterocycles. The van der Waals surface area contributed by atoms with E-state index in [1.807, 2.05) is 37.3 Å². The van der Waals surface area contributed by atoms with Crippen LogP contribution in [0.2, 0.25) is 5.02 Å². The summed E-state index contributed by atoms with van der Waals surface area (Å²) in [6, 6.07) is 16.8. The van der Waals surface area contributed by atoms with Crippen LogP contribution in [0.25, 0.3) is 5.69 Å². The van der Waals surface area contributed by atoms with E-state index in [2.05, 4.69) is 16.8 Å². The average molecular weight is 550 g/mol. The number of halogens is 3. The molecule has 200 valence electrons. The average Bonchev–Trinajstić information content (AvgIpc) is 3.23. The molecule has 0 radical (unpaired) electrons. The minimum Gasteiger partial charge on any atom is -0.369 e. The third-order valence-corrected chi connectivity index (χ3v) is 6.70. The highest BCUT2D eigenvalue weighted by molar-refractivity contribution is 6.33. The largest absolute Gasteiger partial charge is 0.369 e. The second-order valence-electron chi connectivity index (χ2n) is 9.15. The molecule has 10 heteroatoms. The van der Waals surface area contributed by atoms with Crippen molar-refractivity contribution in [2.45, 2.75) is 40.2 Å². The zero-order chi connectivity index (χ0) is 27.7. The number of rotatable bonds is 8. The SMILES string of the molecule is C=C(C)C1=NN(c2c(F)cccc2Cl)Cc2cc(-n3nc(COCc4ccccc4)n(CC)c3=O)c(F)cc21. The Hall–Kier alpha value is -4.08. The molecular formula is C29H26ClF2N5O2. The highest BCUT2D eigenvalue weighted by Gasteiger charge is 2.27. The Morgan fingerprint density at radius 2 is 1.85 bits per heavy atom. The zero-order valence-electron chi connectivity index (χ0n) is 21.5. The summed E-state index contributed by atoms with van der Waals surface area (Å²) in [7, 11) is 0. The molecule has 0 spiro atoms. The number of allylic oxidation sites excluding steroid dienone is 1. The molecule has 1 aliphatic rings. The first-order valence-electron chi connectivity index (χ1n) is 12.4. The quantitative estimate of drug-likeness (QED) is 0.270. The Bertz CT molecular complexity index is 1630. The molecule has 4 aromatic rings. The van der Waals surface area contributed by atoms with Gasteiger partial charge >= 0.3 is 5.69 Å². The van der Waals surface area contributed by atoms with E-state index in [-0.39, 0.29) is 29.5 Å². The number of para-hydroxylation sites is 1. The molecule has 0 bridgehead atoms. The molecule has 7 nitrogen and oxygen atoms in total. The van der Waals surface area contributed by atoms with Crippen LogP contribution in [-0.4, -0.2) is 20.1 Å². The lowest BCUT2D eigenvalue weighted by Gasteiger charge is -2.29. The van der Waals surface area contributed by atoms with Gasteiger partial charge in [-0.05, 0) is 54.8 Å². The van der Waals surface area contributed by atoms with E-state index in [4.69, 9.17) is 16.3 Å². The molecule has 1 aliphatic heterocycles. The van der Waals surface area contributed by atoms with Crippen LogP contribution in [0.1, 0.15) is 36.4 Å². The van der Waals surface area contributed by atoms with Gasteiger partial charge in [0, 0.05) is 12.1 Å². The van der Waals surface area contributed by atoms with Crippen LogP contribution in [0, 0.1) is 11.6 Å². The number of nitrogens with zero attached hydrogens (tertiary/aromatic N) is 5. The molecule has 39 heavy (non-hydrogen) atoms. The van der Waals surface area contributed by atoms with E-state index in [0.717, 1.165) is 10.2 Å². The number of hydrogen-bond donors (Lipinski definition) is 0. The first kappa shape index (κ1) is 26.5. The molecule has 0 amide bonds. The van der Waals surface area contributed by atoms with E-state index in [1.165, 1.54) is 33.8 Å². The Morgan fingerprint density at radius 1 is 1.08 bits per heavy atom. The molecule has 0 fully saturated rings. The third-order valence-electron chi connectivity index (χ3n) is 6.39. The smallest absolute Gasteiger partial charge is 0.350 e. The molecule has 0 N–H and O–H groups in total. The van der Waals surface area contributed by atoms with Crippen LogP contribution in [0.3, 0.4) is 0 Å². The maximum Gasteiger partial charge on any atom is 0.350 e. The van der Waals surface area contributed by atoms with Crippen molar-refractivity contribution in [2.75, 3.05) is 5.01 Å². The maximum absolute atomic E-state index is 15.5. The molecule has 0 atom stereocenters. The normalized spacial score (nSPS) is 12.8. The van der Waals surface area contributed by atoms with Gasteiger partial charge in [0.25, 0.3) is 0 Å². The summed E-state index contributed by atoms with van der Waals surface area (Å²) in [5.41, 5.74) is 2.62. The fourth-order valence-electron chi connectivity index (χ4n) is 4.52. The van der Waals surface area contributed by atoms with Crippen molar-refractivity contribution in [3.8, 4) is 5.69 Å². The second kappa shape index (κ2) is 11.0. The second-order valence-corrected chi connectivity index (χ2v) is 9.56. The molecule has 5 rings (SSSR count). The van der Waals surface area contributed by atoms with Crippen LogP contribution < -0.4 is 10.7 Å². The van der Waals surface area contributed by atoms with Crippen LogP contribution in [0.5, 0.6) is 0 Å². The van der Waals surface area contributed by atoms with E-state index in [1.54, 1.807) is 13.0 Å². The van der Waals surface area contributed by atoms with Gasteiger partial charge in [0.2, 0.25) is 0 Å². The van der Waals surface area contributed by atoms with E-state index in [9.17, 15) is 9.18 Å². The summed E-state index contributed by atoms with van der Waals surface area (Å²) in [4.78, 5) is 13.2. The molecule has 2 heterocycles. The minimum absolute atomic E-state index is 0.0298. The topological polar surface area (TPSA) is 64.7 Å². The van der Waals surface area contributed by atoms with Crippen molar-refractivity contribution in [2.24, 2.45) is 5.10 Å². The highest BCUT2D eigenvalue weighted by Crippen LogP contribution is 2.35. The van der Waals surface area contributed by atoms with Gasteiger partial charge in [-0.1, -0.05) is 54.6 Å². The lowest BCUT2D eigenvalue weighted by molar-refractivity contribution is 0.0989. The van der Waals surface area contributed by atoms with Gasteiger partial charge in [-0.2, -0.15) is 9.78 Å². The van der Waals surface area contributed by atoms with Gasteiger partial charge in [0.15, 0.2) is 5.82 Å². The summed E-state index contributed by atoms with van der Waals surface area (Å²) in [6.45, 7) is 8.35. The Labute approximate surface area is 229 Å². The molecular weight excluding hydrogens is 524 g/mol. The molecule has 1 aromatic heterocycles. The summed E-state index contributed by atoms with van der Waals surface area (Å²) in [5.74, 6) is -0.824. The Morgan fingerprint density at radius 3 is 2.54 bits per heavy atom. The van der Waals surface area contributed by atoms with Gasteiger partial charge in [-0.3, -0.25) is 9.58 Å². The highest BCUT2D eigenvalue weighted by atomic mass is 35.5. The predicted molar refractivity (Wildman–Crippen MR) is 147 cm³/mol. The van der Waals surface area contributed by atoms with E-state index in [0.29, 0.717) is 41.4 Å². The maximum atomic E-state index is 15.5. The van der Waals surface area contributed by atoms with E-state index < -0.39 is 17.3 Å². The van der Waals surface area contributed by atoms with E-state index >= 15 is 4.39 Å². The van der Waals surface area contributed by atoms with Gasteiger partial charge in [0.05, 0.1) is 23.9 Å². The number of aromatic nitrogens is 3. The summed E-state index contributed by atoms with van der Waals surface area (Å²) < 4.78 is 38.5. The number of hydrogen-bond acceptors (Lipinski definition) is 5. The van der Waals surface area contributed by atoms with Gasteiger partial charge in [-0.15, -0.1) is 5.10 Å². The monoisotopic (exact) mass is 549 g/mol. The lowest BCUT2D eigenvalue weighted by Crippen LogP contribution is -2.29. The number of hydrazone groups is 1. The Kier molecular flexibility index (Phi) is 7.45. The van der Waals surface area contributed by atoms with Crippen molar-refractivity contribution in [3.05, 3.63) is 122 Å². The molecule has 3 aromatic carbocycles. The number of anilines is 1. The van der Waals surface area contributed by atoms with Crippen LogP contribution >= 0.6 is 11.6 Å². The number of fused-ring (bicyclic) bond motifs is 1. The summed E-state index contributed by atoms with van der Waals surface area (Å²) >= 11 is 6.30. The van der Waals surface area contributed by atoms with Crippen LogP contribution in [0.4, 0.5) is 14.5 Å². The van der Waals surface area contributed by atoms with Crippen molar-refractivity contribution < 1.29 is 13.5 Å². The first-order chi connectivity index (χ1) is 18.8. The number of ether oxygens (including phenoxy) is 1. The van der Waals surface area contributed by atoms with Crippen molar-refractivity contribution in [3.63, 3.8) is 0 Å². The van der Waals surface area contributed by atoms with Crippen molar-refractivity contribution in [1.29, 1.82) is 0 Å². The predicted octanol–water partition coefficient (Wildman–Crippen LogP) is 6.00. The number of benzene rings is 3. The molecule has 0 saturated carbocycles. The Balaban J connectivity index is 1.52. The van der Waals surface area contributed by atoms with Gasteiger partial charge < -0.3 is 4.74 Å². The zero-order valence-corrected chi connectivity index (χ0v) is 22.3.